The smallest absolute Gasteiger partial charge is 0.166 e. The van der Waals surface area contributed by atoms with Crippen molar-refractivity contribution in [2.45, 2.75) is 4.90 Å². The number of hydrogen-bond donors (Lipinski definition) is 1. The fourth-order valence-corrected chi connectivity index (χ4v) is 1.97. The van der Waals surface area contributed by atoms with E-state index in [0.717, 1.165) is 11.3 Å². The molecule has 0 amide bonds. The molecule has 0 aliphatic heterocycles. The lowest BCUT2D eigenvalue weighted by Crippen LogP contribution is -1.96. The first-order valence-corrected chi connectivity index (χ1v) is 6.42. The van der Waals surface area contributed by atoms with Crippen molar-refractivity contribution in [3.8, 4) is 17.0 Å². The maximum absolute atomic E-state index is 5.79. The molecule has 0 atom stereocenters. The highest BCUT2D eigenvalue weighted by molar-refractivity contribution is 7.98. The van der Waals surface area contributed by atoms with Gasteiger partial charge in [0, 0.05) is 10.5 Å². The number of aromatic nitrogens is 1. The first-order valence-electron chi connectivity index (χ1n) is 5.19. The second-order valence-corrected chi connectivity index (χ2v) is 4.39. The third-order valence-electron chi connectivity index (χ3n) is 2.49. The number of rotatable bonds is 3. The van der Waals surface area contributed by atoms with Gasteiger partial charge in [-0.15, -0.1) is 11.8 Å². The molecule has 0 unspecified atom stereocenters. The predicted molar refractivity (Wildman–Crippen MR) is 72.4 cm³/mol. The molecule has 0 fully saturated rings. The van der Waals surface area contributed by atoms with Crippen LogP contribution in [0, 0.1) is 0 Å². The molecule has 17 heavy (non-hydrogen) atoms. The summed E-state index contributed by atoms with van der Waals surface area (Å²) in [4.78, 5) is 5.55. The Labute approximate surface area is 105 Å². The van der Waals surface area contributed by atoms with Crippen LogP contribution in [0.4, 0.5) is 5.82 Å². The van der Waals surface area contributed by atoms with Crippen molar-refractivity contribution < 1.29 is 4.74 Å². The largest absolute Gasteiger partial charge is 0.493 e. The van der Waals surface area contributed by atoms with E-state index in [1.807, 2.05) is 24.3 Å². The molecule has 0 radical (unpaired) electrons. The minimum atomic E-state index is 0.416. The Morgan fingerprint density at radius 3 is 2.35 bits per heavy atom. The number of thioether (sulfide) groups is 1. The average molecular weight is 246 g/mol. The molecule has 1 aromatic heterocycles. The average Bonchev–Trinajstić information content (AvgIpc) is 2.39. The fourth-order valence-electron chi connectivity index (χ4n) is 1.56. The molecule has 0 aliphatic carbocycles. The van der Waals surface area contributed by atoms with Crippen LogP contribution >= 0.6 is 11.8 Å². The minimum absolute atomic E-state index is 0.416. The summed E-state index contributed by atoms with van der Waals surface area (Å²) in [5.74, 6) is 1.02. The summed E-state index contributed by atoms with van der Waals surface area (Å²) in [5.41, 5.74) is 7.70. The van der Waals surface area contributed by atoms with E-state index < -0.39 is 0 Å². The van der Waals surface area contributed by atoms with Gasteiger partial charge in [-0.1, -0.05) is 12.1 Å². The van der Waals surface area contributed by atoms with E-state index in [2.05, 4.69) is 23.4 Å². The maximum Gasteiger partial charge on any atom is 0.166 e. The minimum Gasteiger partial charge on any atom is -0.493 e. The number of benzene rings is 1. The van der Waals surface area contributed by atoms with Gasteiger partial charge < -0.3 is 10.5 Å². The van der Waals surface area contributed by atoms with Crippen molar-refractivity contribution in [1.82, 2.24) is 4.98 Å². The Kier molecular flexibility index (Phi) is 3.54. The molecule has 0 bridgehead atoms. The Bertz CT molecular complexity index is 511. The van der Waals surface area contributed by atoms with E-state index in [4.69, 9.17) is 10.5 Å². The van der Waals surface area contributed by atoms with Crippen LogP contribution < -0.4 is 10.5 Å². The molecule has 0 saturated heterocycles. The third kappa shape index (κ3) is 2.53. The lowest BCUT2D eigenvalue weighted by Gasteiger charge is -2.06. The fraction of sp³-hybridized carbons (Fsp3) is 0.154. The highest BCUT2D eigenvalue weighted by atomic mass is 32.2. The topological polar surface area (TPSA) is 48.1 Å². The second-order valence-electron chi connectivity index (χ2n) is 3.51. The first-order chi connectivity index (χ1) is 8.24. The monoisotopic (exact) mass is 246 g/mol. The van der Waals surface area contributed by atoms with Gasteiger partial charge in [0.05, 0.1) is 12.8 Å². The summed E-state index contributed by atoms with van der Waals surface area (Å²) in [6.45, 7) is 0. The van der Waals surface area contributed by atoms with Gasteiger partial charge in [-0.05, 0) is 30.5 Å². The van der Waals surface area contributed by atoms with Crippen molar-refractivity contribution in [3.63, 3.8) is 0 Å². The summed E-state index contributed by atoms with van der Waals surface area (Å²) in [6, 6.07) is 12.0. The number of methoxy groups -OCH3 is 1. The van der Waals surface area contributed by atoms with Crippen LogP contribution in [0.2, 0.25) is 0 Å². The molecular formula is C13H14N2OS. The van der Waals surface area contributed by atoms with Crippen LogP contribution in [-0.4, -0.2) is 18.3 Å². The maximum atomic E-state index is 5.79. The Hall–Kier alpha value is -1.68. The molecular weight excluding hydrogens is 232 g/mol. The molecule has 1 aromatic carbocycles. The van der Waals surface area contributed by atoms with Gasteiger partial charge in [0.1, 0.15) is 0 Å². The Morgan fingerprint density at radius 1 is 1.12 bits per heavy atom. The van der Waals surface area contributed by atoms with E-state index >= 15 is 0 Å². The van der Waals surface area contributed by atoms with Crippen molar-refractivity contribution >= 4 is 17.6 Å². The number of pyridine rings is 1. The zero-order chi connectivity index (χ0) is 12.3. The normalized spacial score (nSPS) is 10.2. The molecule has 2 N–H and O–H groups in total. The van der Waals surface area contributed by atoms with Crippen molar-refractivity contribution in [2.75, 3.05) is 19.1 Å². The van der Waals surface area contributed by atoms with E-state index in [1.165, 1.54) is 4.90 Å². The van der Waals surface area contributed by atoms with Crippen molar-refractivity contribution in [1.29, 1.82) is 0 Å². The molecule has 0 saturated carbocycles. The molecule has 88 valence electrons. The van der Waals surface area contributed by atoms with Crippen LogP contribution in [0.3, 0.4) is 0 Å². The molecule has 2 rings (SSSR count). The second kappa shape index (κ2) is 5.10. The highest BCUT2D eigenvalue weighted by Crippen LogP contribution is 2.26. The van der Waals surface area contributed by atoms with E-state index in [1.54, 1.807) is 18.9 Å². The van der Waals surface area contributed by atoms with Crippen LogP contribution in [-0.2, 0) is 0 Å². The Morgan fingerprint density at radius 2 is 1.82 bits per heavy atom. The zero-order valence-corrected chi connectivity index (χ0v) is 10.6. The number of anilines is 1. The van der Waals surface area contributed by atoms with Gasteiger partial charge in [0.15, 0.2) is 11.6 Å². The molecule has 0 aliphatic rings. The lowest BCUT2D eigenvalue weighted by atomic mass is 10.1. The summed E-state index contributed by atoms with van der Waals surface area (Å²) in [6.07, 6.45) is 2.05. The Balaban J connectivity index is 2.35. The summed E-state index contributed by atoms with van der Waals surface area (Å²) >= 11 is 1.72. The molecule has 3 nitrogen and oxygen atoms in total. The van der Waals surface area contributed by atoms with Gasteiger partial charge in [0.2, 0.25) is 0 Å². The SMILES string of the molecule is COc1ccc(-c2ccc(SC)cc2)nc1N. The molecule has 2 aromatic rings. The quantitative estimate of drug-likeness (QED) is 0.846. The highest BCUT2D eigenvalue weighted by Gasteiger charge is 2.04. The lowest BCUT2D eigenvalue weighted by molar-refractivity contribution is 0.415. The van der Waals surface area contributed by atoms with Crippen molar-refractivity contribution in [2.24, 2.45) is 0 Å². The van der Waals surface area contributed by atoms with Gasteiger partial charge in [-0.25, -0.2) is 4.98 Å². The number of hydrogen-bond acceptors (Lipinski definition) is 4. The summed E-state index contributed by atoms with van der Waals surface area (Å²) in [7, 11) is 1.58. The van der Waals surface area contributed by atoms with Crippen LogP contribution in [0.1, 0.15) is 0 Å². The molecule has 4 heteroatoms. The zero-order valence-electron chi connectivity index (χ0n) is 9.81. The summed E-state index contributed by atoms with van der Waals surface area (Å²) < 4.78 is 5.08. The van der Waals surface area contributed by atoms with E-state index in [9.17, 15) is 0 Å². The van der Waals surface area contributed by atoms with Crippen LogP contribution in [0.25, 0.3) is 11.3 Å². The van der Waals surface area contributed by atoms with E-state index in [0.29, 0.717) is 11.6 Å². The standard InChI is InChI=1S/C13H14N2OS/c1-16-12-8-7-11(15-13(12)14)9-3-5-10(17-2)6-4-9/h3-8H,1-2H3,(H2,14,15). The first kappa shape index (κ1) is 11.8. The molecule has 0 spiro atoms. The van der Waals surface area contributed by atoms with Gasteiger partial charge in [-0.3, -0.25) is 0 Å². The number of nitrogens with zero attached hydrogens (tertiary/aromatic N) is 1. The number of ether oxygens (including phenoxy) is 1. The van der Waals surface area contributed by atoms with Gasteiger partial charge in [0.25, 0.3) is 0 Å². The summed E-state index contributed by atoms with van der Waals surface area (Å²) in [5, 5.41) is 0. The van der Waals surface area contributed by atoms with Crippen LogP contribution in [0.5, 0.6) is 5.75 Å². The number of nitrogens with two attached hydrogens (primary N) is 1. The van der Waals surface area contributed by atoms with Gasteiger partial charge in [-0.2, -0.15) is 0 Å². The van der Waals surface area contributed by atoms with Gasteiger partial charge >= 0.3 is 0 Å². The third-order valence-corrected chi connectivity index (χ3v) is 3.24. The molecule has 1 heterocycles. The van der Waals surface area contributed by atoms with E-state index in [-0.39, 0.29) is 0 Å². The number of nitrogen functional groups attached to an aromatic ring is 1. The predicted octanol–water partition coefficient (Wildman–Crippen LogP) is 3.06. The van der Waals surface area contributed by atoms with Crippen LogP contribution in [0.15, 0.2) is 41.3 Å². The van der Waals surface area contributed by atoms with Crippen molar-refractivity contribution in [3.05, 3.63) is 36.4 Å².